The van der Waals surface area contributed by atoms with Gasteiger partial charge in [-0.1, -0.05) is 56.3 Å². The monoisotopic (exact) mass is 386 g/mol. The van der Waals surface area contributed by atoms with Gasteiger partial charge in [0.2, 0.25) is 0 Å². The van der Waals surface area contributed by atoms with Crippen molar-refractivity contribution >= 4 is 17.1 Å². The van der Waals surface area contributed by atoms with Gasteiger partial charge >= 0.3 is 0 Å². The predicted octanol–water partition coefficient (Wildman–Crippen LogP) is 6.49. The van der Waals surface area contributed by atoms with Gasteiger partial charge in [0.1, 0.15) is 5.75 Å². The fourth-order valence-electron chi connectivity index (χ4n) is 3.42. The van der Waals surface area contributed by atoms with Gasteiger partial charge in [-0.3, -0.25) is 0 Å². The van der Waals surface area contributed by atoms with E-state index in [4.69, 9.17) is 9.73 Å². The molecule has 29 heavy (non-hydrogen) atoms. The van der Waals surface area contributed by atoms with Crippen LogP contribution in [0.5, 0.6) is 5.75 Å². The van der Waals surface area contributed by atoms with Crippen molar-refractivity contribution in [2.75, 3.05) is 25.1 Å². The molecule has 0 aliphatic carbocycles. The molecule has 3 nitrogen and oxygen atoms in total. The second-order valence-corrected chi connectivity index (χ2v) is 7.06. The van der Waals surface area contributed by atoms with Crippen molar-refractivity contribution in [2.24, 2.45) is 4.99 Å². The van der Waals surface area contributed by atoms with E-state index in [1.54, 1.807) is 7.11 Å². The lowest BCUT2D eigenvalue weighted by molar-refractivity contribution is 0.415. The number of aliphatic imine (C=N–C) groups is 1. The Morgan fingerprint density at radius 1 is 0.759 bits per heavy atom. The van der Waals surface area contributed by atoms with Crippen LogP contribution in [-0.2, 0) is 0 Å². The minimum atomic E-state index is 0.835. The summed E-state index contributed by atoms with van der Waals surface area (Å²) in [5, 5.41) is 0. The minimum Gasteiger partial charge on any atom is -0.497 e. The molecule has 0 saturated carbocycles. The molecule has 0 saturated heterocycles. The number of hydrogen-bond donors (Lipinski definition) is 0. The molecule has 0 fully saturated rings. The maximum absolute atomic E-state index is 5.27. The molecule has 0 unspecified atom stereocenters. The first-order valence-corrected chi connectivity index (χ1v) is 10.4. The number of nitrogens with zero attached hydrogens (tertiary/aromatic N) is 2. The van der Waals surface area contributed by atoms with Gasteiger partial charge in [0.15, 0.2) is 0 Å². The van der Waals surface area contributed by atoms with E-state index in [2.05, 4.69) is 67.3 Å². The molecule has 0 N–H and O–H groups in total. The van der Waals surface area contributed by atoms with E-state index in [1.807, 2.05) is 30.3 Å². The molecule has 3 rings (SSSR count). The van der Waals surface area contributed by atoms with Gasteiger partial charge in [-0.2, -0.15) is 0 Å². The minimum absolute atomic E-state index is 0.835. The summed E-state index contributed by atoms with van der Waals surface area (Å²) in [6.45, 7) is 6.62. The SMILES string of the molecule is CCCN(CCC)c1ccc(C(=Nc2ccc(OC)cc2)c2ccccc2)cc1. The van der Waals surface area contributed by atoms with Crippen LogP contribution in [0.15, 0.2) is 83.9 Å². The standard InChI is InChI=1S/C26H30N2O/c1-4-19-28(20-5-2)24-15-11-22(12-16-24)26(21-9-7-6-8-10-21)27-23-13-17-25(29-3)18-14-23/h6-18H,4-5,19-20H2,1-3H3. The number of benzene rings is 3. The van der Waals surface area contributed by atoms with E-state index in [9.17, 15) is 0 Å². The number of rotatable bonds is 9. The van der Waals surface area contributed by atoms with Crippen molar-refractivity contribution in [3.05, 3.63) is 90.0 Å². The van der Waals surface area contributed by atoms with Crippen LogP contribution < -0.4 is 9.64 Å². The average molecular weight is 387 g/mol. The molecular formula is C26H30N2O. The summed E-state index contributed by atoms with van der Waals surface area (Å²) in [5.41, 5.74) is 5.38. The third kappa shape index (κ3) is 5.47. The summed E-state index contributed by atoms with van der Waals surface area (Å²) in [7, 11) is 1.68. The average Bonchev–Trinajstić information content (AvgIpc) is 2.78. The van der Waals surface area contributed by atoms with Crippen LogP contribution in [0.4, 0.5) is 11.4 Å². The molecule has 0 aliphatic heterocycles. The molecule has 0 radical (unpaired) electrons. The van der Waals surface area contributed by atoms with Crippen molar-refractivity contribution in [1.29, 1.82) is 0 Å². The molecule has 0 amide bonds. The second kappa shape index (κ2) is 10.5. The number of ether oxygens (including phenoxy) is 1. The lowest BCUT2D eigenvalue weighted by Crippen LogP contribution is -2.24. The molecular weight excluding hydrogens is 356 g/mol. The molecule has 3 aromatic rings. The lowest BCUT2D eigenvalue weighted by Gasteiger charge is -2.24. The van der Waals surface area contributed by atoms with E-state index in [0.717, 1.165) is 54.2 Å². The third-order valence-electron chi connectivity index (χ3n) is 4.85. The van der Waals surface area contributed by atoms with Gasteiger partial charge < -0.3 is 9.64 Å². The zero-order valence-electron chi connectivity index (χ0n) is 17.6. The lowest BCUT2D eigenvalue weighted by atomic mass is 10.0. The molecule has 0 bridgehead atoms. The Morgan fingerprint density at radius 3 is 1.90 bits per heavy atom. The summed E-state index contributed by atoms with van der Waals surface area (Å²) >= 11 is 0. The summed E-state index contributed by atoms with van der Waals surface area (Å²) < 4.78 is 5.27. The normalized spacial score (nSPS) is 11.3. The molecule has 3 aromatic carbocycles. The Labute approximate surface area is 174 Å². The molecule has 0 atom stereocenters. The van der Waals surface area contributed by atoms with Gasteiger partial charge in [0.05, 0.1) is 18.5 Å². The van der Waals surface area contributed by atoms with E-state index >= 15 is 0 Å². The van der Waals surface area contributed by atoms with Gasteiger partial charge in [-0.05, 0) is 49.2 Å². The van der Waals surface area contributed by atoms with Gasteiger partial charge in [0, 0.05) is 29.9 Å². The van der Waals surface area contributed by atoms with Gasteiger partial charge in [0.25, 0.3) is 0 Å². The van der Waals surface area contributed by atoms with Gasteiger partial charge in [-0.25, -0.2) is 4.99 Å². The fourth-order valence-corrected chi connectivity index (χ4v) is 3.42. The molecule has 3 heteroatoms. The molecule has 0 aromatic heterocycles. The Balaban J connectivity index is 1.97. The van der Waals surface area contributed by atoms with Crippen LogP contribution in [0.2, 0.25) is 0 Å². The molecule has 0 spiro atoms. The van der Waals surface area contributed by atoms with E-state index in [0.29, 0.717) is 0 Å². The summed E-state index contributed by atoms with van der Waals surface area (Å²) in [6.07, 6.45) is 2.30. The van der Waals surface area contributed by atoms with Crippen molar-refractivity contribution < 1.29 is 4.74 Å². The summed E-state index contributed by atoms with van der Waals surface area (Å²) in [6, 6.07) is 27.0. The van der Waals surface area contributed by atoms with E-state index in [-0.39, 0.29) is 0 Å². The van der Waals surface area contributed by atoms with Crippen LogP contribution in [0.1, 0.15) is 37.8 Å². The number of hydrogen-bond acceptors (Lipinski definition) is 3. The van der Waals surface area contributed by atoms with E-state index < -0.39 is 0 Å². The Morgan fingerprint density at radius 2 is 1.34 bits per heavy atom. The third-order valence-corrected chi connectivity index (χ3v) is 4.85. The van der Waals surface area contributed by atoms with Crippen LogP contribution in [0, 0.1) is 0 Å². The van der Waals surface area contributed by atoms with Crippen LogP contribution in [0.25, 0.3) is 0 Å². The first kappa shape index (κ1) is 20.7. The topological polar surface area (TPSA) is 24.8 Å². The number of anilines is 1. The first-order chi connectivity index (χ1) is 14.2. The summed E-state index contributed by atoms with van der Waals surface area (Å²) in [5.74, 6) is 0.835. The number of methoxy groups -OCH3 is 1. The highest BCUT2D eigenvalue weighted by Gasteiger charge is 2.10. The Hall–Kier alpha value is -3.07. The zero-order valence-corrected chi connectivity index (χ0v) is 17.6. The highest BCUT2D eigenvalue weighted by molar-refractivity contribution is 6.14. The highest BCUT2D eigenvalue weighted by Crippen LogP contribution is 2.23. The fraction of sp³-hybridized carbons (Fsp3) is 0.269. The Kier molecular flexibility index (Phi) is 7.46. The van der Waals surface area contributed by atoms with E-state index in [1.165, 1.54) is 5.69 Å². The predicted molar refractivity (Wildman–Crippen MR) is 124 cm³/mol. The van der Waals surface area contributed by atoms with Gasteiger partial charge in [-0.15, -0.1) is 0 Å². The smallest absolute Gasteiger partial charge is 0.119 e. The Bertz CT molecular complexity index is 894. The van der Waals surface area contributed by atoms with Crippen LogP contribution in [-0.4, -0.2) is 25.9 Å². The van der Waals surface area contributed by atoms with Crippen molar-refractivity contribution in [3.8, 4) is 5.75 Å². The second-order valence-electron chi connectivity index (χ2n) is 7.06. The molecule has 150 valence electrons. The molecule has 0 heterocycles. The quantitative estimate of drug-likeness (QED) is 0.393. The van der Waals surface area contributed by atoms with Crippen molar-refractivity contribution in [2.45, 2.75) is 26.7 Å². The van der Waals surface area contributed by atoms with Crippen LogP contribution in [0.3, 0.4) is 0 Å². The first-order valence-electron chi connectivity index (χ1n) is 10.4. The van der Waals surface area contributed by atoms with Crippen molar-refractivity contribution in [3.63, 3.8) is 0 Å². The highest BCUT2D eigenvalue weighted by atomic mass is 16.5. The summed E-state index contributed by atoms with van der Waals surface area (Å²) in [4.78, 5) is 7.42. The maximum atomic E-state index is 5.27. The zero-order chi connectivity index (χ0) is 20.5. The van der Waals surface area contributed by atoms with Crippen molar-refractivity contribution in [1.82, 2.24) is 0 Å². The molecule has 0 aliphatic rings. The maximum Gasteiger partial charge on any atom is 0.119 e. The largest absolute Gasteiger partial charge is 0.497 e. The van der Waals surface area contributed by atoms with Crippen LogP contribution >= 0.6 is 0 Å².